The van der Waals surface area contributed by atoms with Gasteiger partial charge in [0, 0.05) is 6.42 Å². The van der Waals surface area contributed by atoms with Gasteiger partial charge in [-0.3, -0.25) is 4.79 Å². The van der Waals surface area contributed by atoms with Crippen LogP contribution in [0.4, 0.5) is 0 Å². The average Bonchev–Trinajstić information content (AvgIpc) is 2.58. The van der Waals surface area contributed by atoms with Gasteiger partial charge in [0.05, 0.1) is 7.11 Å². The molecule has 0 spiro atoms. The summed E-state index contributed by atoms with van der Waals surface area (Å²) < 4.78 is 5.08. The van der Waals surface area contributed by atoms with E-state index in [2.05, 4.69) is 6.92 Å². The van der Waals surface area contributed by atoms with Gasteiger partial charge in [-0.05, 0) is 36.6 Å². The average molecular weight is 332 g/mol. The second-order valence-electron chi connectivity index (χ2n) is 6.30. The highest BCUT2D eigenvalue weighted by Crippen LogP contribution is 2.26. The summed E-state index contributed by atoms with van der Waals surface area (Å²) in [5.74, 6) is 0.800. The molecule has 0 saturated heterocycles. The third kappa shape index (κ3) is 8.76. The molecule has 0 unspecified atom stereocenters. The van der Waals surface area contributed by atoms with Crippen LogP contribution >= 0.6 is 0 Å². The monoisotopic (exact) mass is 332 g/mol. The molecule has 0 heterocycles. The summed E-state index contributed by atoms with van der Waals surface area (Å²) >= 11 is 0. The molecule has 0 aliphatic heterocycles. The van der Waals surface area contributed by atoms with Crippen LogP contribution in [0.2, 0.25) is 0 Å². The first kappa shape index (κ1) is 20.3. The molecule has 0 aliphatic rings. The van der Waals surface area contributed by atoms with Gasteiger partial charge in [-0.25, -0.2) is 0 Å². The van der Waals surface area contributed by atoms with Crippen molar-refractivity contribution >= 4 is 5.78 Å². The smallest absolute Gasteiger partial charge is 0.160 e. The van der Waals surface area contributed by atoms with Crippen LogP contribution in [0.5, 0.6) is 11.5 Å². The number of hydrogen-bond acceptors (Lipinski definition) is 3. The van der Waals surface area contributed by atoms with E-state index in [-0.39, 0.29) is 11.5 Å². The first-order chi connectivity index (χ1) is 11.7. The molecular weight excluding hydrogens is 300 g/mol. The van der Waals surface area contributed by atoms with Crippen molar-refractivity contribution in [2.45, 2.75) is 71.1 Å². The number of hydrogen-bond donors (Lipinski definition) is 1. The summed E-state index contributed by atoms with van der Waals surface area (Å²) in [4.78, 5) is 11.8. The summed E-state index contributed by atoms with van der Waals surface area (Å²) in [5.41, 5.74) is 1.01. The molecule has 0 amide bonds. The summed E-state index contributed by atoms with van der Waals surface area (Å²) in [7, 11) is 1.53. The number of aromatic hydroxyl groups is 1. The maximum absolute atomic E-state index is 11.8. The molecule has 0 fully saturated rings. The van der Waals surface area contributed by atoms with E-state index in [0.717, 1.165) is 18.4 Å². The highest BCUT2D eigenvalue weighted by atomic mass is 16.5. The Morgan fingerprint density at radius 3 is 2.42 bits per heavy atom. The fourth-order valence-corrected chi connectivity index (χ4v) is 2.69. The molecule has 1 N–H and O–H groups in total. The van der Waals surface area contributed by atoms with Crippen molar-refractivity contribution in [1.29, 1.82) is 0 Å². The minimum atomic E-state index is 0.135. The molecule has 3 nitrogen and oxygen atoms in total. The topological polar surface area (TPSA) is 46.5 Å². The van der Waals surface area contributed by atoms with Gasteiger partial charge in [-0.15, -0.1) is 0 Å². The maximum Gasteiger partial charge on any atom is 0.160 e. The van der Waals surface area contributed by atoms with E-state index in [1.54, 1.807) is 18.2 Å². The van der Waals surface area contributed by atoms with Gasteiger partial charge in [0.2, 0.25) is 0 Å². The van der Waals surface area contributed by atoms with Crippen LogP contribution in [0.3, 0.4) is 0 Å². The van der Waals surface area contributed by atoms with Crippen LogP contribution in [0.1, 0.15) is 70.3 Å². The van der Waals surface area contributed by atoms with E-state index in [1.165, 1.54) is 45.6 Å². The molecule has 24 heavy (non-hydrogen) atoms. The minimum Gasteiger partial charge on any atom is -0.504 e. The van der Waals surface area contributed by atoms with Gasteiger partial charge in [-0.2, -0.15) is 0 Å². The van der Waals surface area contributed by atoms with Crippen molar-refractivity contribution in [2.24, 2.45) is 0 Å². The Labute approximate surface area is 146 Å². The van der Waals surface area contributed by atoms with Crippen molar-refractivity contribution < 1.29 is 14.6 Å². The Balaban J connectivity index is 2.15. The largest absolute Gasteiger partial charge is 0.504 e. The van der Waals surface area contributed by atoms with E-state index >= 15 is 0 Å². The number of carbonyl (C=O) groups excluding carboxylic acids is 1. The molecule has 134 valence electrons. The molecule has 0 aromatic heterocycles. The van der Waals surface area contributed by atoms with Gasteiger partial charge in [0.15, 0.2) is 17.3 Å². The van der Waals surface area contributed by atoms with Gasteiger partial charge in [-0.1, -0.05) is 64.0 Å². The van der Waals surface area contributed by atoms with E-state index in [0.29, 0.717) is 18.6 Å². The molecule has 0 atom stereocenters. The predicted octanol–water partition coefficient (Wildman–Crippen LogP) is 5.60. The summed E-state index contributed by atoms with van der Waals surface area (Å²) in [6.07, 6.45) is 14.9. The summed E-state index contributed by atoms with van der Waals surface area (Å²) in [6, 6.07) is 5.25. The summed E-state index contributed by atoms with van der Waals surface area (Å²) in [6.45, 7) is 2.23. The van der Waals surface area contributed by atoms with Crippen molar-refractivity contribution in [1.82, 2.24) is 0 Å². The first-order valence-corrected chi connectivity index (χ1v) is 9.22. The zero-order valence-electron chi connectivity index (χ0n) is 15.2. The predicted molar refractivity (Wildman–Crippen MR) is 99.7 cm³/mol. The second-order valence-corrected chi connectivity index (χ2v) is 6.30. The lowest BCUT2D eigenvalue weighted by atomic mass is 10.1. The van der Waals surface area contributed by atoms with E-state index in [9.17, 15) is 9.90 Å². The van der Waals surface area contributed by atoms with Gasteiger partial charge in [0.1, 0.15) is 0 Å². The molecular formula is C21H32O3. The van der Waals surface area contributed by atoms with Gasteiger partial charge < -0.3 is 9.84 Å². The quantitative estimate of drug-likeness (QED) is 0.378. The number of benzene rings is 1. The normalized spacial score (nSPS) is 11.1. The highest BCUT2D eigenvalue weighted by Gasteiger charge is 2.02. The lowest BCUT2D eigenvalue weighted by Gasteiger charge is -2.04. The van der Waals surface area contributed by atoms with Crippen molar-refractivity contribution in [3.8, 4) is 11.5 Å². The van der Waals surface area contributed by atoms with Crippen LogP contribution in [0.15, 0.2) is 30.4 Å². The number of rotatable bonds is 13. The van der Waals surface area contributed by atoms with Crippen LogP contribution < -0.4 is 4.74 Å². The SMILES string of the molecule is CCCCCCCCCCC(=O)C=CCc1ccc(O)c(OC)c1. The minimum absolute atomic E-state index is 0.135. The second kappa shape index (κ2) is 12.6. The molecule has 3 heteroatoms. The Kier molecular flexibility index (Phi) is 10.7. The molecule has 1 aromatic rings. The van der Waals surface area contributed by atoms with Crippen molar-refractivity contribution in [2.75, 3.05) is 7.11 Å². The molecule has 0 aliphatic carbocycles. The van der Waals surface area contributed by atoms with Crippen LogP contribution in [-0.2, 0) is 11.2 Å². The molecule has 0 radical (unpaired) electrons. The third-order valence-corrected chi connectivity index (χ3v) is 4.18. The molecule has 0 bridgehead atoms. The van der Waals surface area contributed by atoms with Crippen LogP contribution in [0.25, 0.3) is 0 Å². The number of carbonyl (C=O) groups is 1. The molecule has 0 saturated carbocycles. The number of allylic oxidation sites excluding steroid dienone is 2. The van der Waals surface area contributed by atoms with Gasteiger partial charge >= 0.3 is 0 Å². The number of methoxy groups -OCH3 is 1. The lowest BCUT2D eigenvalue weighted by Crippen LogP contribution is -1.93. The van der Waals surface area contributed by atoms with Crippen LogP contribution in [0, 0.1) is 0 Å². The highest BCUT2D eigenvalue weighted by molar-refractivity contribution is 5.89. The Morgan fingerprint density at radius 1 is 1.08 bits per heavy atom. The zero-order chi connectivity index (χ0) is 17.6. The summed E-state index contributed by atoms with van der Waals surface area (Å²) in [5, 5.41) is 9.55. The maximum atomic E-state index is 11.8. The number of phenolic OH excluding ortho intramolecular Hbond substituents is 1. The molecule has 1 aromatic carbocycles. The van der Waals surface area contributed by atoms with Gasteiger partial charge in [0.25, 0.3) is 0 Å². The molecule has 1 rings (SSSR count). The number of ketones is 1. The van der Waals surface area contributed by atoms with Crippen LogP contribution in [-0.4, -0.2) is 18.0 Å². The lowest BCUT2D eigenvalue weighted by molar-refractivity contribution is -0.114. The first-order valence-electron chi connectivity index (χ1n) is 9.22. The fourth-order valence-electron chi connectivity index (χ4n) is 2.69. The Morgan fingerprint density at radius 2 is 1.75 bits per heavy atom. The Bertz CT molecular complexity index is 506. The van der Waals surface area contributed by atoms with E-state index in [1.807, 2.05) is 12.1 Å². The van der Waals surface area contributed by atoms with E-state index < -0.39 is 0 Å². The zero-order valence-corrected chi connectivity index (χ0v) is 15.2. The number of ether oxygens (including phenoxy) is 1. The Hall–Kier alpha value is -1.77. The van der Waals surface area contributed by atoms with Crippen molar-refractivity contribution in [3.63, 3.8) is 0 Å². The third-order valence-electron chi connectivity index (χ3n) is 4.18. The standard InChI is InChI=1S/C21H32O3/c1-3-4-5-6-7-8-9-10-13-19(22)14-11-12-18-15-16-20(23)21(17-18)24-2/h11,14-17,23H,3-10,12-13H2,1-2H3. The fraction of sp³-hybridized carbons (Fsp3) is 0.571. The van der Waals surface area contributed by atoms with Crippen molar-refractivity contribution in [3.05, 3.63) is 35.9 Å². The number of unbranched alkanes of at least 4 members (excludes halogenated alkanes) is 7. The van der Waals surface area contributed by atoms with E-state index in [4.69, 9.17) is 4.74 Å². The number of phenols is 1.